The molecule has 3 rings (SSSR count). The van der Waals surface area contributed by atoms with E-state index >= 15 is 0 Å². The SMILES string of the molecule is COc1ccc(CNC(=O)c2cccnc2SCc2cc(C)on2)c(O)c1. The lowest BCUT2D eigenvalue weighted by molar-refractivity contribution is 0.0947. The standard InChI is InChI=1S/C19H19N3O4S/c1-12-8-14(22-26-12)11-27-19-16(4-3-7-20-19)18(24)21-10-13-5-6-15(25-2)9-17(13)23/h3-9,23H,10-11H2,1-2H3,(H,21,24). The normalized spacial score (nSPS) is 10.6. The zero-order valence-corrected chi connectivity index (χ0v) is 15.7. The average molecular weight is 385 g/mol. The van der Waals surface area contributed by atoms with Gasteiger partial charge < -0.3 is 19.7 Å². The molecule has 0 spiro atoms. The highest BCUT2D eigenvalue weighted by atomic mass is 32.2. The van der Waals surface area contributed by atoms with Gasteiger partial charge in [-0.25, -0.2) is 4.98 Å². The van der Waals surface area contributed by atoms with Crippen LogP contribution in [0.5, 0.6) is 11.5 Å². The summed E-state index contributed by atoms with van der Waals surface area (Å²) in [6.45, 7) is 2.02. The molecule has 0 atom stereocenters. The molecule has 2 N–H and O–H groups in total. The first-order chi connectivity index (χ1) is 13.1. The van der Waals surface area contributed by atoms with Crippen molar-refractivity contribution in [1.82, 2.24) is 15.5 Å². The third-order valence-electron chi connectivity index (χ3n) is 3.78. The van der Waals surface area contributed by atoms with Crippen LogP contribution in [0.4, 0.5) is 0 Å². The zero-order valence-electron chi connectivity index (χ0n) is 14.9. The number of rotatable bonds is 7. The third kappa shape index (κ3) is 4.79. The molecule has 0 radical (unpaired) electrons. The van der Waals surface area contributed by atoms with Crippen LogP contribution in [0.25, 0.3) is 0 Å². The zero-order chi connectivity index (χ0) is 19.2. The minimum atomic E-state index is -0.267. The number of phenolic OH excluding ortho intramolecular Hbond substituents is 1. The molecule has 0 fully saturated rings. The number of aromatic nitrogens is 2. The van der Waals surface area contributed by atoms with Crippen molar-refractivity contribution in [1.29, 1.82) is 0 Å². The van der Waals surface area contributed by atoms with Crippen molar-refractivity contribution in [2.24, 2.45) is 0 Å². The molecule has 0 aliphatic rings. The largest absolute Gasteiger partial charge is 0.507 e. The number of aryl methyl sites for hydroxylation is 1. The summed E-state index contributed by atoms with van der Waals surface area (Å²) in [5.41, 5.74) is 1.86. The van der Waals surface area contributed by atoms with Crippen molar-refractivity contribution in [3.05, 3.63) is 65.2 Å². The quantitative estimate of drug-likeness (QED) is 0.602. The van der Waals surface area contributed by atoms with E-state index in [1.807, 2.05) is 13.0 Å². The summed E-state index contributed by atoms with van der Waals surface area (Å²) in [6.07, 6.45) is 1.64. The molecule has 0 saturated heterocycles. The Labute approximate surface area is 160 Å². The highest BCUT2D eigenvalue weighted by molar-refractivity contribution is 7.98. The number of carbonyl (C=O) groups is 1. The van der Waals surface area contributed by atoms with Crippen LogP contribution in [0.3, 0.4) is 0 Å². The Hall–Kier alpha value is -3.00. The number of aromatic hydroxyl groups is 1. The fourth-order valence-corrected chi connectivity index (χ4v) is 3.27. The number of nitrogens with zero attached hydrogens (tertiary/aromatic N) is 2. The number of phenols is 1. The Balaban J connectivity index is 1.66. The van der Waals surface area contributed by atoms with Crippen molar-refractivity contribution in [3.63, 3.8) is 0 Å². The maximum absolute atomic E-state index is 12.6. The topological polar surface area (TPSA) is 97.5 Å². The number of hydrogen-bond acceptors (Lipinski definition) is 7. The van der Waals surface area contributed by atoms with E-state index in [1.54, 1.807) is 30.5 Å². The summed E-state index contributed by atoms with van der Waals surface area (Å²) in [7, 11) is 1.53. The Bertz CT molecular complexity index is 942. The second-order valence-electron chi connectivity index (χ2n) is 5.75. The molecule has 0 aliphatic carbocycles. The van der Waals surface area contributed by atoms with Gasteiger partial charge in [0.2, 0.25) is 0 Å². The molecular weight excluding hydrogens is 366 g/mol. The van der Waals surface area contributed by atoms with Crippen LogP contribution in [-0.2, 0) is 12.3 Å². The van der Waals surface area contributed by atoms with Gasteiger partial charge in [-0.1, -0.05) is 16.9 Å². The first-order valence-electron chi connectivity index (χ1n) is 8.21. The average Bonchev–Trinajstić information content (AvgIpc) is 3.10. The molecule has 2 heterocycles. The van der Waals surface area contributed by atoms with Crippen LogP contribution in [0.2, 0.25) is 0 Å². The Kier molecular flexibility index (Phi) is 5.97. The van der Waals surface area contributed by atoms with Gasteiger partial charge in [0.1, 0.15) is 22.3 Å². The number of benzene rings is 1. The van der Waals surface area contributed by atoms with Crippen LogP contribution in [0.1, 0.15) is 27.4 Å². The Morgan fingerprint density at radius 2 is 2.19 bits per heavy atom. The molecule has 0 bridgehead atoms. The first-order valence-corrected chi connectivity index (χ1v) is 9.19. The van der Waals surface area contributed by atoms with Gasteiger partial charge in [-0.3, -0.25) is 4.79 Å². The predicted octanol–water partition coefficient (Wildman–Crippen LogP) is 3.31. The molecule has 7 nitrogen and oxygen atoms in total. The van der Waals surface area contributed by atoms with E-state index in [1.165, 1.54) is 24.9 Å². The molecule has 140 valence electrons. The number of pyridine rings is 1. The highest BCUT2D eigenvalue weighted by Gasteiger charge is 2.14. The van der Waals surface area contributed by atoms with E-state index in [4.69, 9.17) is 9.26 Å². The number of carbonyl (C=O) groups excluding carboxylic acids is 1. The number of ether oxygens (including phenoxy) is 1. The van der Waals surface area contributed by atoms with Crippen molar-refractivity contribution in [3.8, 4) is 11.5 Å². The Morgan fingerprint density at radius 1 is 1.33 bits per heavy atom. The van der Waals surface area contributed by atoms with Crippen LogP contribution < -0.4 is 10.1 Å². The van der Waals surface area contributed by atoms with Gasteiger partial charge in [-0.2, -0.15) is 0 Å². The summed E-state index contributed by atoms with van der Waals surface area (Å²) in [4.78, 5) is 16.9. The van der Waals surface area contributed by atoms with Crippen molar-refractivity contribution >= 4 is 17.7 Å². The lowest BCUT2D eigenvalue weighted by Crippen LogP contribution is -2.23. The van der Waals surface area contributed by atoms with Crippen LogP contribution in [0.15, 0.2) is 52.1 Å². The second-order valence-corrected chi connectivity index (χ2v) is 6.72. The second kappa shape index (κ2) is 8.59. The monoisotopic (exact) mass is 385 g/mol. The van der Waals surface area contributed by atoms with Crippen LogP contribution >= 0.6 is 11.8 Å². The maximum Gasteiger partial charge on any atom is 0.254 e. The lowest BCUT2D eigenvalue weighted by atomic mass is 10.2. The number of nitrogens with one attached hydrogen (secondary N) is 1. The molecule has 3 aromatic rings. The minimum Gasteiger partial charge on any atom is -0.507 e. The smallest absolute Gasteiger partial charge is 0.254 e. The summed E-state index contributed by atoms with van der Waals surface area (Å²) in [6, 6.07) is 10.2. The molecule has 1 aromatic carbocycles. The van der Waals surface area contributed by atoms with Gasteiger partial charge >= 0.3 is 0 Å². The fraction of sp³-hybridized carbons (Fsp3) is 0.211. The number of thioether (sulfide) groups is 1. The molecule has 27 heavy (non-hydrogen) atoms. The molecule has 8 heteroatoms. The lowest BCUT2D eigenvalue weighted by Gasteiger charge is -2.10. The van der Waals surface area contributed by atoms with E-state index in [0.717, 1.165) is 11.5 Å². The van der Waals surface area contributed by atoms with Gasteiger partial charge in [0.05, 0.1) is 18.4 Å². The molecule has 1 amide bonds. The van der Waals surface area contributed by atoms with Gasteiger partial charge in [-0.15, -0.1) is 0 Å². The fourth-order valence-electron chi connectivity index (χ4n) is 2.40. The van der Waals surface area contributed by atoms with Gasteiger partial charge in [0.15, 0.2) is 0 Å². The van der Waals surface area contributed by atoms with E-state index in [0.29, 0.717) is 27.7 Å². The van der Waals surface area contributed by atoms with Crippen molar-refractivity contribution in [2.75, 3.05) is 7.11 Å². The summed E-state index contributed by atoms with van der Waals surface area (Å²) >= 11 is 1.41. The number of methoxy groups -OCH3 is 1. The van der Waals surface area contributed by atoms with E-state index in [2.05, 4.69) is 15.5 Å². The number of hydrogen-bond donors (Lipinski definition) is 2. The summed E-state index contributed by atoms with van der Waals surface area (Å²) in [5.74, 6) is 1.64. The van der Waals surface area contributed by atoms with E-state index in [9.17, 15) is 9.90 Å². The van der Waals surface area contributed by atoms with Gasteiger partial charge in [0, 0.05) is 36.2 Å². The highest BCUT2D eigenvalue weighted by Crippen LogP contribution is 2.25. The van der Waals surface area contributed by atoms with Gasteiger partial charge in [0.25, 0.3) is 5.91 Å². The first kappa shape index (κ1) is 18.8. The van der Waals surface area contributed by atoms with Crippen LogP contribution in [0, 0.1) is 6.92 Å². The molecule has 0 saturated carbocycles. The van der Waals surface area contributed by atoms with E-state index < -0.39 is 0 Å². The van der Waals surface area contributed by atoms with Gasteiger partial charge in [-0.05, 0) is 31.2 Å². The van der Waals surface area contributed by atoms with Crippen LogP contribution in [-0.4, -0.2) is 28.3 Å². The minimum absolute atomic E-state index is 0.0665. The predicted molar refractivity (Wildman–Crippen MR) is 101 cm³/mol. The van der Waals surface area contributed by atoms with E-state index in [-0.39, 0.29) is 18.2 Å². The van der Waals surface area contributed by atoms with Crippen molar-refractivity contribution < 1.29 is 19.2 Å². The molecular formula is C19H19N3O4S. The summed E-state index contributed by atoms with van der Waals surface area (Å²) < 4.78 is 10.1. The summed E-state index contributed by atoms with van der Waals surface area (Å²) in [5, 5.41) is 17.4. The maximum atomic E-state index is 12.6. The number of amides is 1. The third-order valence-corrected chi connectivity index (χ3v) is 4.82. The molecule has 0 unspecified atom stereocenters. The molecule has 0 aliphatic heterocycles. The Morgan fingerprint density at radius 3 is 2.89 bits per heavy atom. The van der Waals surface area contributed by atoms with Crippen molar-refractivity contribution in [2.45, 2.75) is 24.2 Å². The molecule has 2 aromatic heterocycles.